The first-order valence-electron chi connectivity index (χ1n) is 7.14. The lowest BCUT2D eigenvalue weighted by Crippen LogP contribution is -2.30. The van der Waals surface area contributed by atoms with Gasteiger partial charge in [-0.05, 0) is 19.9 Å². The van der Waals surface area contributed by atoms with Gasteiger partial charge >= 0.3 is 0 Å². The second kappa shape index (κ2) is 10.1. The third kappa shape index (κ3) is 5.75. The van der Waals surface area contributed by atoms with E-state index in [4.69, 9.17) is 9.47 Å². The first kappa shape index (κ1) is 17.4. The lowest BCUT2D eigenvalue weighted by molar-refractivity contribution is 0.190. The van der Waals surface area contributed by atoms with Crippen molar-refractivity contribution in [3.8, 4) is 0 Å². The molecule has 1 N–H and O–H groups in total. The van der Waals surface area contributed by atoms with Crippen molar-refractivity contribution in [3.05, 3.63) is 11.1 Å². The summed E-state index contributed by atoms with van der Waals surface area (Å²) in [6, 6.07) is 0.355. The van der Waals surface area contributed by atoms with Crippen LogP contribution < -0.4 is 10.2 Å². The fraction of sp³-hybridized carbons (Fsp3) is 0.786. The van der Waals surface area contributed by atoms with Crippen LogP contribution in [0.4, 0.5) is 5.13 Å². The van der Waals surface area contributed by atoms with Gasteiger partial charge in [-0.3, -0.25) is 0 Å². The number of thiazole rings is 1. The molecule has 0 saturated carbocycles. The second-order valence-corrected chi connectivity index (χ2v) is 5.73. The maximum Gasteiger partial charge on any atom is 0.185 e. The van der Waals surface area contributed by atoms with Crippen LogP contribution in [0.1, 0.15) is 31.2 Å². The Morgan fingerprint density at radius 3 is 2.50 bits per heavy atom. The number of anilines is 1. The van der Waals surface area contributed by atoms with E-state index in [1.165, 1.54) is 4.88 Å². The van der Waals surface area contributed by atoms with Gasteiger partial charge in [0.2, 0.25) is 0 Å². The van der Waals surface area contributed by atoms with Crippen molar-refractivity contribution in [2.45, 2.75) is 26.3 Å². The molecule has 0 radical (unpaired) electrons. The van der Waals surface area contributed by atoms with Gasteiger partial charge in [-0.25, -0.2) is 4.98 Å². The number of nitrogens with one attached hydrogen (secondary N) is 1. The Labute approximate surface area is 126 Å². The average molecular weight is 301 g/mol. The zero-order valence-corrected chi connectivity index (χ0v) is 13.8. The minimum atomic E-state index is 0.355. The predicted octanol–water partition coefficient (Wildman–Crippen LogP) is 2.30. The Hall–Kier alpha value is -0.690. The van der Waals surface area contributed by atoms with Crippen molar-refractivity contribution in [1.82, 2.24) is 10.3 Å². The molecule has 0 aromatic carbocycles. The molecule has 1 atom stereocenters. The molecule has 0 aliphatic carbocycles. The minimum absolute atomic E-state index is 0.355. The molecule has 5 nitrogen and oxygen atoms in total. The molecule has 0 saturated heterocycles. The fourth-order valence-corrected chi connectivity index (χ4v) is 2.78. The molecule has 0 aliphatic rings. The van der Waals surface area contributed by atoms with E-state index in [0.717, 1.165) is 31.2 Å². The van der Waals surface area contributed by atoms with E-state index in [1.54, 1.807) is 25.6 Å². The molecule has 6 heteroatoms. The third-order valence-corrected chi connectivity index (χ3v) is 4.28. The molecule has 0 spiro atoms. The van der Waals surface area contributed by atoms with Crippen LogP contribution in [0.15, 0.2) is 6.20 Å². The summed E-state index contributed by atoms with van der Waals surface area (Å²) in [4.78, 5) is 8.03. The Morgan fingerprint density at radius 1 is 1.30 bits per heavy atom. The van der Waals surface area contributed by atoms with Crippen LogP contribution >= 0.6 is 11.3 Å². The van der Waals surface area contributed by atoms with Gasteiger partial charge in [0.25, 0.3) is 0 Å². The molecule has 1 heterocycles. The van der Waals surface area contributed by atoms with E-state index < -0.39 is 0 Å². The Balaban J connectivity index is 2.63. The van der Waals surface area contributed by atoms with Crippen LogP contribution in [0.25, 0.3) is 0 Å². The van der Waals surface area contributed by atoms with Crippen molar-refractivity contribution < 1.29 is 9.47 Å². The minimum Gasteiger partial charge on any atom is -0.383 e. The first-order valence-corrected chi connectivity index (χ1v) is 7.96. The van der Waals surface area contributed by atoms with E-state index in [2.05, 4.69) is 29.0 Å². The zero-order valence-electron chi connectivity index (χ0n) is 13.0. The molecule has 20 heavy (non-hydrogen) atoms. The number of methoxy groups -OCH3 is 2. The molecule has 1 rings (SSSR count). The van der Waals surface area contributed by atoms with E-state index >= 15 is 0 Å². The summed E-state index contributed by atoms with van der Waals surface area (Å²) in [7, 11) is 3.44. The number of nitrogens with zero attached hydrogens (tertiary/aromatic N) is 2. The summed E-state index contributed by atoms with van der Waals surface area (Å²) in [5.41, 5.74) is 0. The number of hydrogen-bond donors (Lipinski definition) is 1. The van der Waals surface area contributed by atoms with Gasteiger partial charge in [-0.15, -0.1) is 11.3 Å². The molecular formula is C14H27N3O2S. The molecule has 1 unspecified atom stereocenters. The Morgan fingerprint density at radius 2 is 1.95 bits per heavy atom. The van der Waals surface area contributed by atoms with Gasteiger partial charge in [-0.2, -0.15) is 0 Å². The normalized spacial score (nSPS) is 12.6. The third-order valence-electron chi connectivity index (χ3n) is 3.04. The highest BCUT2D eigenvalue weighted by Crippen LogP contribution is 2.27. The number of rotatable bonds is 11. The van der Waals surface area contributed by atoms with E-state index in [0.29, 0.717) is 19.3 Å². The van der Waals surface area contributed by atoms with Crippen molar-refractivity contribution >= 4 is 16.5 Å². The summed E-state index contributed by atoms with van der Waals surface area (Å²) >= 11 is 1.74. The predicted molar refractivity (Wildman–Crippen MR) is 84.8 cm³/mol. The van der Waals surface area contributed by atoms with E-state index in [-0.39, 0.29) is 0 Å². The van der Waals surface area contributed by atoms with Gasteiger partial charge in [0.05, 0.1) is 13.2 Å². The van der Waals surface area contributed by atoms with Crippen LogP contribution in [0.3, 0.4) is 0 Å². The van der Waals surface area contributed by atoms with Gasteiger partial charge < -0.3 is 19.7 Å². The number of hydrogen-bond acceptors (Lipinski definition) is 6. The Kier molecular flexibility index (Phi) is 8.77. The van der Waals surface area contributed by atoms with Crippen LogP contribution in [-0.4, -0.2) is 52.1 Å². The molecule has 1 aromatic heterocycles. The van der Waals surface area contributed by atoms with Gasteiger partial charge in [0, 0.05) is 44.4 Å². The second-order valence-electron chi connectivity index (χ2n) is 4.69. The van der Waals surface area contributed by atoms with Gasteiger partial charge in [0.15, 0.2) is 5.13 Å². The van der Waals surface area contributed by atoms with Crippen LogP contribution in [0.2, 0.25) is 0 Å². The molecular weight excluding hydrogens is 274 g/mol. The van der Waals surface area contributed by atoms with Gasteiger partial charge in [-0.1, -0.05) is 6.92 Å². The average Bonchev–Trinajstić information content (AvgIpc) is 2.94. The summed E-state index contributed by atoms with van der Waals surface area (Å²) in [6.45, 7) is 8.46. The van der Waals surface area contributed by atoms with E-state index in [1.807, 2.05) is 6.20 Å². The SMILES string of the molecule is CCCNC(C)c1cnc(N(CCOC)CCOC)s1. The highest BCUT2D eigenvalue weighted by atomic mass is 32.1. The maximum absolute atomic E-state index is 5.16. The maximum atomic E-state index is 5.16. The van der Waals surface area contributed by atoms with Crippen molar-refractivity contribution in [3.63, 3.8) is 0 Å². The highest BCUT2D eigenvalue weighted by molar-refractivity contribution is 7.15. The molecule has 0 fully saturated rings. The highest BCUT2D eigenvalue weighted by Gasteiger charge is 2.14. The smallest absolute Gasteiger partial charge is 0.185 e. The topological polar surface area (TPSA) is 46.6 Å². The van der Waals surface area contributed by atoms with Gasteiger partial charge in [0.1, 0.15) is 0 Å². The largest absolute Gasteiger partial charge is 0.383 e. The summed E-state index contributed by atoms with van der Waals surface area (Å²) < 4.78 is 10.3. The van der Waals surface area contributed by atoms with Crippen molar-refractivity contribution in [2.24, 2.45) is 0 Å². The zero-order chi connectivity index (χ0) is 14.8. The first-order chi connectivity index (χ1) is 9.72. The molecule has 0 amide bonds. The lowest BCUT2D eigenvalue weighted by atomic mass is 10.3. The fourth-order valence-electron chi connectivity index (χ4n) is 1.79. The number of ether oxygens (including phenoxy) is 2. The molecule has 0 bridgehead atoms. The van der Waals surface area contributed by atoms with Crippen LogP contribution in [-0.2, 0) is 9.47 Å². The molecule has 116 valence electrons. The summed E-state index contributed by atoms with van der Waals surface area (Å²) in [5, 5.41) is 4.53. The summed E-state index contributed by atoms with van der Waals surface area (Å²) in [6.07, 6.45) is 3.11. The van der Waals surface area contributed by atoms with Crippen molar-refractivity contribution in [1.29, 1.82) is 0 Å². The summed E-state index contributed by atoms with van der Waals surface area (Å²) in [5.74, 6) is 0. The molecule has 1 aromatic rings. The number of aromatic nitrogens is 1. The van der Waals surface area contributed by atoms with E-state index in [9.17, 15) is 0 Å². The lowest BCUT2D eigenvalue weighted by Gasteiger charge is -2.21. The quantitative estimate of drug-likeness (QED) is 0.679. The standard InChI is InChI=1S/C14H27N3O2S/c1-5-6-15-12(2)13-11-16-14(20-13)17(7-9-18-3)8-10-19-4/h11-12,15H,5-10H2,1-4H3. The molecule has 0 aliphatic heterocycles. The van der Waals surface area contributed by atoms with Crippen LogP contribution in [0, 0.1) is 0 Å². The van der Waals surface area contributed by atoms with Crippen molar-refractivity contribution in [2.75, 3.05) is 52.0 Å². The Bertz CT molecular complexity index is 352. The van der Waals surface area contributed by atoms with Crippen LogP contribution in [0.5, 0.6) is 0 Å². The monoisotopic (exact) mass is 301 g/mol.